The summed E-state index contributed by atoms with van der Waals surface area (Å²) in [6.45, 7) is 9.29. The normalized spacial score (nSPS) is 11.8. The van der Waals surface area contributed by atoms with Crippen molar-refractivity contribution < 1.29 is 0 Å². The molecule has 0 unspecified atom stereocenters. The number of rotatable bonds is 11. The van der Waals surface area contributed by atoms with Gasteiger partial charge in [0.15, 0.2) is 0 Å². The first-order valence-electron chi connectivity index (χ1n) is 10.3. The fraction of sp³-hybridized carbons (Fsp3) is 0.565. The first kappa shape index (κ1) is 21.0. The van der Waals surface area contributed by atoms with E-state index in [1.807, 2.05) is 2.89 Å². The molecule has 0 bridgehead atoms. The molecule has 25 heavy (non-hydrogen) atoms. The maximum absolute atomic E-state index is 2.54. The predicted molar refractivity (Wildman–Crippen MR) is 119 cm³/mol. The first-order chi connectivity index (χ1) is 12.1. The molecule has 0 radical (unpaired) electrons. The van der Waals surface area contributed by atoms with Gasteiger partial charge >= 0.3 is 165 Å². The van der Waals surface area contributed by atoms with Crippen LogP contribution < -0.4 is 2.89 Å². The van der Waals surface area contributed by atoms with Gasteiger partial charge in [0.2, 0.25) is 0 Å². The zero-order valence-corrected chi connectivity index (χ0v) is 20.4. The molecule has 0 N–H and O–H groups in total. The minimum absolute atomic E-state index is 1.35. The van der Waals surface area contributed by atoms with Crippen LogP contribution in [0.15, 0.2) is 36.4 Å². The number of hydrogen-bond donors (Lipinski definition) is 0. The van der Waals surface area contributed by atoms with E-state index in [1.165, 1.54) is 54.5 Å². The Balaban J connectivity index is 2.34. The number of aryl methyl sites for hydroxylation is 1. The van der Waals surface area contributed by atoms with Crippen molar-refractivity contribution in [1.82, 2.24) is 0 Å². The van der Waals surface area contributed by atoms with Crippen LogP contribution in [0, 0.1) is 6.92 Å². The van der Waals surface area contributed by atoms with Crippen LogP contribution in [-0.4, -0.2) is 18.4 Å². The molecule has 0 nitrogen and oxygen atoms in total. The standard InChI is InChI=1S/C11H9S.3C4H9.Sn/c1-9-4-2-5-10(8-9)11-6-3-7-12-11;3*1-3-4-2;/h2-6,8H,1H3;3*1,3-4H2,2H3;. The molecule has 0 aliphatic carbocycles. The Kier molecular flexibility index (Phi) is 9.05. The van der Waals surface area contributed by atoms with Gasteiger partial charge in [-0.2, -0.15) is 0 Å². The van der Waals surface area contributed by atoms with Crippen LogP contribution in [0.4, 0.5) is 0 Å². The second-order valence-electron chi connectivity index (χ2n) is 7.62. The summed E-state index contributed by atoms with van der Waals surface area (Å²) in [6, 6.07) is 14.0. The van der Waals surface area contributed by atoms with Crippen molar-refractivity contribution in [3.05, 3.63) is 42.0 Å². The fourth-order valence-corrected chi connectivity index (χ4v) is 24.0. The molecular weight excluding hydrogens is 427 g/mol. The van der Waals surface area contributed by atoms with Crippen molar-refractivity contribution in [2.45, 2.75) is 79.5 Å². The second kappa shape index (κ2) is 10.8. The molecule has 1 aromatic carbocycles. The van der Waals surface area contributed by atoms with Crippen molar-refractivity contribution in [1.29, 1.82) is 0 Å². The summed E-state index contributed by atoms with van der Waals surface area (Å²) in [4.78, 5) is 1.49. The van der Waals surface area contributed by atoms with Crippen molar-refractivity contribution in [3.8, 4) is 10.4 Å². The molecule has 0 saturated heterocycles. The molecule has 0 fully saturated rings. The quantitative estimate of drug-likeness (QED) is 0.299. The van der Waals surface area contributed by atoms with Crippen LogP contribution >= 0.6 is 11.3 Å². The van der Waals surface area contributed by atoms with Gasteiger partial charge in [0.05, 0.1) is 0 Å². The fourth-order valence-electron chi connectivity index (χ4n) is 3.87. The Bertz CT molecular complexity index is 607. The Morgan fingerprint density at radius 2 is 1.40 bits per heavy atom. The molecule has 0 saturated carbocycles. The third kappa shape index (κ3) is 5.85. The maximum atomic E-state index is 2.54. The molecule has 138 valence electrons. The number of hydrogen-bond acceptors (Lipinski definition) is 1. The van der Waals surface area contributed by atoms with Crippen molar-refractivity contribution in [2.75, 3.05) is 0 Å². The summed E-state index contributed by atoms with van der Waals surface area (Å²) in [6.07, 6.45) is 8.40. The van der Waals surface area contributed by atoms with E-state index < -0.39 is 18.4 Å². The van der Waals surface area contributed by atoms with Gasteiger partial charge in [-0.3, -0.25) is 0 Å². The summed E-state index contributed by atoms with van der Waals surface area (Å²) in [7, 11) is 0. The monoisotopic (exact) mass is 464 g/mol. The molecule has 0 amide bonds. The first-order valence-corrected chi connectivity index (χ1v) is 18.6. The average Bonchev–Trinajstić information content (AvgIpc) is 3.12. The zero-order valence-electron chi connectivity index (χ0n) is 16.7. The van der Waals surface area contributed by atoms with E-state index >= 15 is 0 Å². The van der Waals surface area contributed by atoms with Crippen LogP contribution in [0.2, 0.25) is 13.3 Å². The molecule has 0 aliphatic heterocycles. The summed E-state index contributed by atoms with van der Waals surface area (Å²) in [5, 5.41) is 0. The third-order valence-corrected chi connectivity index (χ3v) is 24.9. The summed E-state index contributed by atoms with van der Waals surface area (Å²) < 4.78 is 6.55. The Labute approximate surface area is 163 Å². The minimum atomic E-state index is -2.24. The molecule has 1 aromatic heterocycles. The average molecular weight is 463 g/mol. The van der Waals surface area contributed by atoms with Gasteiger partial charge in [0.1, 0.15) is 0 Å². The molecule has 1 heterocycles. The molecule has 2 heteroatoms. The van der Waals surface area contributed by atoms with Gasteiger partial charge in [-0.1, -0.05) is 0 Å². The van der Waals surface area contributed by atoms with E-state index in [0.29, 0.717) is 0 Å². The third-order valence-electron chi connectivity index (χ3n) is 5.46. The van der Waals surface area contributed by atoms with Gasteiger partial charge in [0, 0.05) is 0 Å². The second-order valence-corrected chi connectivity index (χ2v) is 22.9. The molecule has 0 aliphatic rings. The zero-order chi connectivity index (χ0) is 18.1. The molecular formula is C23H36SSn. The Hall–Kier alpha value is -0.281. The van der Waals surface area contributed by atoms with Crippen LogP contribution in [0.25, 0.3) is 10.4 Å². The van der Waals surface area contributed by atoms with E-state index in [-0.39, 0.29) is 0 Å². The van der Waals surface area contributed by atoms with Crippen LogP contribution in [0.5, 0.6) is 0 Å². The van der Waals surface area contributed by atoms with E-state index in [9.17, 15) is 0 Å². The van der Waals surface area contributed by atoms with E-state index in [1.54, 1.807) is 13.3 Å². The van der Waals surface area contributed by atoms with Crippen molar-refractivity contribution in [3.63, 3.8) is 0 Å². The van der Waals surface area contributed by atoms with Gasteiger partial charge in [-0.25, -0.2) is 0 Å². The summed E-state index contributed by atoms with van der Waals surface area (Å²) >= 11 is -0.0930. The Morgan fingerprint density at radius 3 is 1.92 bits per heavy atom. The topological polar surface area (TPSA) is 0 Å². The van der Waals surface area contributed by atoms with E-state index in [0.717, 1.165) is 0 Å². The Morgan fingerprint density at radius 1 is 0.800 bits per heavy atom. The summed E-state index contributed by atoms with van der Waals surface area (Å²) in [5.74, 6) is 0. The van der Waals surface area contributed by atoms with Crippen LogP contribution in [-0.2, 0) is 0 Å². The van der Waals surface area contributed by atoms with Crippen molar-refractivity contribution >= 4 is 32.6 Å². The molecule has 2 aromatic rings. The van der Waals surface area contributed by atoms with Gasteiger partial charge < -0.3 is 0 Å². The number of benzene rings is 1. The van der Waals surface area contributed by atoms with Crippen LogP contribution in [0.1, 0.15) is 64.9 Å². The number of thiophene rings is 1. The van der Waals surface area contributed by atoms with Gasteiger partial charge in [-0.05, 0) is 0 Å². The van der Waals surface area contributed by atoms with Gasteiger partial charge in [-0.15, -0.1) is 0 Å². The van der Waals surface area contributed by atoms with Gasteiger partial charge in [0.25, 0.3) is 0 Å². The SMILES string of the molecule is CCC[CH2][Sn]([CH2]CCC)([CH2]CCC)[c]1ccc(-c2cccc(C)c2)s1. The van der Waals surface area contributed by atoms with E-state index in [4.69, 9.17) is 0 Å². The van der Waals surface area contributed by atoms with Crippen molar-refractivity contribution in [2.24, 2.45) is 0 Å². The molecule has 0 spiro atoms. The predicted octanol–water partition coefficient (Wildman–Crippen LogP) is 7.78. The summed E-state index contributed by atoms with van der Waals surface area (Å²) in [5.41, 5.74) is 2.78. The van der Waals surface area contributed by atoms with E-state index in [2.05, 4.69) is 75.4 Å². The molecule has 2 rings (SSSR count). The molecule has 0 atom stereocenters. The van der Waals surface area contributed by atoms with Crippen LogP contribution in [0.3, 0.4) is 0 Å². The number of unbranched alkanes of at least 4 members (excludes halogenated alkanes) is 3.